The maximum Gasteiger partial charge on any atom is 0.339 e. The van der Waals surface area contributed by atoms with Crippen molar-refractivity contribution in [2.75, 3.05) is 4.61 Å². The zero-order chi connectivity index (χ0) is 9.84. The Hall–Kier alpha value is -0.580. The average Bonchev–Trinajstić information content (AvgIpc) is 2.09. The first-order valence-corrected chi connectivity index (χ1v) is 5.48. The number of carbonyl (C=O) groups excluding carboxylic acids is 1. The molecule has 0 bridgehead atoms. The first kappa shape index (κ1) is 10.5. The molecule has 0 fully saturated rings. The Kier molecular flexibility index (Phi) is 3.71. The Labute approximate surface area is 91.4 Å². The van der Waals surface area contributed by atoms with E-state index >= 15 is 0 Å². The van der Waals surface area contributed by atoms with E-state index in [9.17, 15) is 4.79 Å². The fourth-order valence-corrected chi connectivity index (χ4v) is 1.37. The Morgan fingerprint density at radius 1 is 1.46 bits per heavy atom. The molecule has 0 N–H and O–H groups in total. The van der Waals surface area contributed by atoms with Crippen molar-refractivity contribution in [2.45, 2.75) is 13.8 Å². The molecule has 13 heavy (non-hydrogen) atoms. The van der Waals surface area contributed by atoms with Gasteiger partial charge in [-0.15, -0.1) is 0 Å². The van der Waals surface area contributed by atoms with Crippen molar-refractivity contribution in [1.29, 1.82) is 0 Å². The van der Waals surface area contributed by atoms with Crippen molar-refractivity contribution >= 4 is 28.6 Å². The fourth-order valence-electron chi connectivity index (χ4n) is 1.08. The molecular weight excluding hydrogens is 279 g/mol. The lowest BCUT2D eigenvalue weighted by Crippen LogP contribution is -2.05. The van der Waals surface area contributed by atoms with Crippen LogP contribution in [0.5, 0.6) is 0 Å². The standard InChI is InChI=1S/C10H11IO2/c1-7-3-4-8(2)9(5-7)10(12)13-6-11/h3-5H,6H2,1-2H3. The number of benzene rings is 1. The number of carbonyl (C=O) groups is 1. The average molecular weight is 290 g/mol. The third-order valence-corrected chi connectivity index (χ3v) is 2.11. The number of esters is 1. The second-order valence-electron chi connectivity index (χ2n) is 2.86. The van der Waals surface area contributed by atoms with E-state index in [2.05, 4.69) is 0 Å². The van der Waals surface area contributed by atoms with Crippen LogP contribution in [0.3, 0.4) is 0 Å². The van der Waals surface area contributed by atoms with Gasteiger partial charge in [-0.2, -0.15) is 0 Å². The van der Waals surface area contributed by atoms with E-state index in [1.165, 1.54) is 0 Å². The van der Waals surface area contributed by atoms with Crippen LogP contribution in [0.15, 0.2) is 18.2 Å². The first-order chi connectivity index (χ1) is 6.15. The minimum Gasteiger partial charge on any atom is -0.451 e. The highest BCUT2D eigenvalue weighted by atomic mass is 127. The maximum absolute atomic E-state index is 11.4. The lowest BCUT2D eigenvalue weighted by Gasteiger charge is -2.05. The van der Waals surface area contributed by atoms with Gasteiger partial charge in [-0.3, -0.25) is 0 Å². The van der Waals surface area contributed by atoms with Crippen LogP contribution < -0.4 is 0 Å². The number of rotatable bonds is 2. The van der Waals surface area contributed by atoms with Crippen molar-refractivity contribution in [3.05, 3.63) is 34.9 Å². The maximum atomic E-state index is 11.4. The van der Waals surface area contributed by atoms with Crippen molar-refractivity contribution in [3.63, 3.8) is 0 Å². The zero-order valence-electron chi connectivity index (χ0n) is 7.63. The smallest absolute Gasteiger partial charge is 0.339 e. The van der Waals surface area contributed by atoms with Crippen LogP contribution in [-0.2, 0) is 4.74 Å². The molecule has 0 unspecified atom stereocenters. The summed E-state index contributed by atoms with van der Waals surface area (Å²) >= 11 is 2.01. The summed E-state index contributed by atoms with van der Waals surface area (Å²) < 4.78 is 5.30. The summed E-state index contributed by atoms with van der Waals surface area (Å²) in [4.78, 5) is 11.4. The molecule has 0 saturated carbocycles. The molecule has 0 saturated heterocycles. The molecule has 2 nitrogen and oxygen atoms in total. The Bertz CT molecular complexity index is 321. The third kappa shape index (κ3) is 2.69. The number of hydrogen-bond donors (Lipinski definition) is 0. The molecule has 1 aromatic rings. The van der Waals surface area contributed by atoms with Crippen LogP contribution in [0.25, 0.3) is 0 Å². The number of hydrogen-bond acceptors (Lipinski definition) is 2. The monoisotopic (exact) mass is 290 g/mol. The van der Waals surface area contributed by atoms with E-state index in [0.717, 1.165) is 11.1 Å². The van der Waals surface area contributed by atoms with Gasteiger partial charge in [0.05, 0.1) is 5.56 Å². The molecule has 0 aromatic heterocycles. The van der Waals surface area contributed by atoms with Gasteiger partial charge in [0.15, 0.2) is 0 Å². The SMILES string of the molecule is Cc1ccc(C)c(C(=O)OCI)c1. The summed E-state index contributed by atoms with van der Waals surface area (Å²) in [6.45, 7) is 3.86. The second kappa shape index (κ2) is 4.60. The largest absolute Gasteiger partial charge is 0.451 e. The summed E-state index contributed by atoms with van der Waals surface area (Å²) in [5, 5.41) is 0. The van der Waals surface area contributed by atoms with Gasteiger partial charge in [0.2, 0.25) is 0 Å². The van der Waals surface area contributed by atoms with E-state index in [-0.39, 0.29) is 5.97 Å². The van der Waals surface area contributed by atoms with Gasteiger partial charge in [0.1, 0.15) is 4.61 Å². The molecule has 0 aliphatic heterocycles. The highest BCUT2D eigenvalue weighted by molar-refractivity contribution is 14.1. The van der Waals surface area contributed by atoms with Gasteiger partial charge in [-0.05, 0) is 48.1 Å². The molecule has 0 atom stereocenters. The van der Waals surface area contributed by atoms with Gasteiger partial charge in [-0.1, -0.05) is 17.7 Å². The van der Waals surface area contributed by atoms with Gasteiger partial charge in [-0.25, -0.2) is 4.79 Å². The number of alkyl halides is 1. The number of halogens is 1. The number of ether oxygens (including phenoxy) is 1. The normalized spacial score (nSPS) is 9.77. The lowest BCUT2D eigenvalue weighted by molar-refractivity contribution is 0.0589. The topological polar surface area (TPSA) is 26.3 Å². The van der Waals surface area contributed by atoms with Crippen LogP contribution in [0.2, 0.25) is 0 Å². The van der Waals surface area contributed by atoms with Crippen LogP contribution in [0.4, 0.5) is 0 Å². The molecule has 0 radical (unpaired) electrons. The van der Waals surface area contributed by atoms with Gasteiger partial charge in [0, 0.05) is 0 Å². The fraction of sp³-hybridized carbons (Fsp3) is 0.300. The van der Waals surface area contributed by atoms with Crippen molar-refractivity contribution in [2.24, 2.45) is 0 Å². The molecule has 3 heteroatoms. The molecule has 0 spiro atoms. The predicted octanol–water partition coefficient (Wildman–Crippen LogP) is 2.85. The first-order valence-electron chi connectivity index (χ1n) is 3.95. The van der Waals surface area contributed by atoms with Crippen molar-refractivity contribution < 1.29 is 9.53 Å². The molecule has 0 heterocycles. The van der Waals surface area contributed by atoms with E-state index in [4.69, 9.17) is 4.74 Å². The highest BCUT2D eigenvalue weighted by Gasteiger charge is 2.09. The quantitative estimate of drug-likeness (QED) is 0.475. The highest BCUT2D eigenvalue weighted by Crippen LogP contribution is 2.12. The van der Waals surface area contributed by atoms with E-state index < -0.39 is 0 Å². The third-order valence-electron chi connectivity index (χ3n) is 1.80. The van der Waals surface area contributed by atoms with Crippen LogP contribution in [0, 0.1) is 13.8 Å². The van der Waals surface area contributed by atoms with Gasteiger partial charge in [0.25, 0.3) is 0 Å². The van der Waals surface area contributed by atoms with E-state index in [0.29, 0.717) is 10.2 Å². The van der Waals surface area contributed by atoms with Crippen LogP contribution in [0.1, 0.15) is 21.5 Å². The Morgan fingerprint density at radius 2 is 2.15 bits per heavy atom. The molecule has 70 valence electrons. The summed E-state index contributed by atoms with van der Waals surface area (Å²) in [5.74, 6) is -0.240. The molecule has 1 rings (SSSR count). The van der Waals surface area contributed by atoms with Gasteiger partial charge < -0.3 is 4.74 Å². The van der Waals surface area contributed by atoms with E-state index in [1.807, 2.05) is 54.6 Å². The second-order valence-corrected chi connectivity index (χ2v) is 3.48. The zero-order valence-corrected chi connectivity index (χ0v) is 9.79. The minimum absolute atomic E-state index is 0.240. The lowest BCUT2D eigenvalue weighted by atomic mass is 10.1. The van der Waals surface area contributed by atoms with Crippen molar-refractivity contribution in [3.8, 4) is 0 Å². The summed E-state index contributed by atoms with van der Waals surface area (Å²) in [7, 11) is 0. The molecule has 0 amide bonds. The molecular formula is C10H11IO2. The molecule has 1 aromatic carbocycles. The Balaban J connectivity index is 2.99. The van der Waals surface area contributed by atoms with Crippen LogP contribution in [-0.4, -0.2) is 10.6 Å². The Morgan fingerprint density at radius 3 is 2.77 bits per heavy atom. The van der Waals surface area contributed by atoms with Crippen molar-refractivity contribution in [1.82, 2.24) is 0 Å². The summed E-state index contributed by atoms with van der Waals surface area (Å²) in [6.07, 6.45) is 0. The predicted molar refractivity (Wildman–Crippen MR) is 60.2 cm³/mol. The molecule has 0 aliphatic carbocycles. The summed E-state index contributed by atoms with van der Waals surface area (Å²) in [6, 6.07) is 5.76. The van der Waals surface area contributed by atoms with Gasteiger partial charge >= 0.3 is 5.97 Å². The molecule has 0 aliphatic rings. The van der Waals surface area contributed by atoms with E-state index in [1.54, 1.807) is 0 Å². The number of aryl methyl sites for hydroxylation is 2. The van der Waals surface area contributed by atoms with Crippen LogP contribution >= 0.6 is 22.6 Å². The minimum atomic E-state index is -0.240. The summed E-state index contributed by atoms with van der Waals surface area (Å²) in [5.41, 5.74) is 2.70.